The summed E-state index contributed by atoms with van der Waals surface area (Å²) in [5, 5.41) is 9.99. The molecule has 2 aromatic rings. The predicted molar refractivity (Wildman–Crippen MR) is 82.5 cm³/mol. The van der Waals surface area contributed by atoms with Crippen LogP contribution in [-0.4, -0.2) is 6.61 Å². The largest absolute Gasteiger partial charge is 0.493 e. The summed E-state index contributed by atoms with van der Waals surface area (Å²) in [6, 6.07) is 17.1. The Kier molecular flexibility index (Phi) is 4.81. The third-order valence-corrected chi connectivity index (χ3v) is 3.05. The van der Waals surface area contributed by atoms with Crippen molar-refractivity contribution in [2.24, 2.45) is 0 Å². The summed E-state index contributed by atoms with van der Waals surface area (Å²) in [5.41, 5.74) is 2.30. The molecule has 0 amide bonds. The molecule has 0 fully saturated rings. The van der Waals surface area contributed by atoms with Gasteiger partial charge in [0.05, 0.1) is 18.2 Å². The van der Waals surface area contributed by atoms with Crippen LogP contribution in [0.4, 0.5) is 0 Å². The van der Waals surface area contributed by atoms with E-state index in [0.717, 1.165) is 16.9 Å². The summed E-state index contributed by atoms with van der Waals surface area (Å²) in [5.74, 6) is 0.775. The molecule has 0 aromatic heterocycles. The number of halogens is 1. The second-order valence-electron chi connectivity index (χ2n) is 4.15. The Labute approximate surface area is 123 Å². The lowest BCUT2D eigenvalue weighted by molar-refractivity contribution is 0.339. The molecule has 2 rings (SSSR count). The van der Waals surface area contributed by atoms with E-state index < -0.39 is 0 Å². The number of hydrogen-bond donors (Lipinski definition) is 0. The van der Waals surface area contributed by atoms with E-state index in [0.29, 0.717) is 17.2 Å². The van der Waals surface area contributed by atoms with Gasteiger partial charge < -0.3 is 4.74 Å². The first-order valence-electron chi connectivity index (χ1n) is 6.34. The van der Waals surface area contributed by atoms with Crippen molar-refractivity contribution in [2.45, 2.75) is 6.92 Å². The molecule has 2 aromatic carbocycles. The fourth-order valence-corrected chi connectivity index (χ4v) is 1.98. The van der Waals surface area contributed by atoms with Crippen LogP contribution in [0.15, 0.2) is 48.5 Å². The summed E-state index contributed by atoms with van der Waals surface area (Å²) in [4.78, 5) is 0. The molecule has 0 unspecified atom stereocenters. The SMILES string of the molecule is CCOc1ccccc1/C=C(/C#N)c1ccc(Cl)cc1. The molecule has 0 radical (unpaired) electrons. The van der Waals surface area contributed by atoms with Crippen LogP contribution in [-0.2, 0) is 0 Å². The molecular formula is C17H14ClNO. The molecule has 0 N–H and O–H groups in total. The van der Waals surface area contributed by atoms with Gasteiger partial charge in [-0.05, 0) is 36.8 Å². The average Bonchev–Trinajstić information content (AvgIpc) is 2.48. The van der Waals surface area contributed by atoms with E-state index in [4.69, 9.17) is 16.3 Å². The van der Waals surface area contributed by atoms with Crippen molar-refractivity contribution in [3.05, 3.63) is 64.7 Å². The van der Waals surface area contributed by atoms with Crippen molar-refractivity contribution in [3.63, 3.8) is 0 Å². The normalized spacial score (nSPS) is 10.9. The molecule has 0 spiro atoms. The van der Waals surface area contributed by atoms with Gasteiger partial charge in [0.15, 0.2) is 0 Å². The summed E-state index contributed by atoms with van der Waals surface area (Å²) in [7, 11) is 0. The van der Waals surface area contributed by atoms with Gasteiger partial charge in [-0.25, -0.2) is 0 Å². The van der Waals surface area contributed by atoms with E-state index in [2.05, 4.69) is 6.07 Å². The lowest BCUT2D eigenvalue weighted by Gasteiger charge is -2.07. The third kappa shape index (κ3) is 3.40. The van der Waals surface area contributed by atoms with E-state index in [-0.39, 0.29) is 0 Å². The number of ether oxygens (including phenoxy) is 1. The van der Waals surface area contributed by atoms with E-state index in [1.54, 1.807) is 12.1 Å². The predicted octanol–water partition coefficient (Wildman–Crippen LogP) is 4.80. The summed E-state index contributed by atoms with van der Waals surface area (Å²) < 4.78 is 5.56. The molecule has 2 nitrogen and oxygen atoms in total. The quantitative estimate of drug-likeness (QED) is 0.596. The lowest BCUT2D eigenvalue weighted by Crippen LogP contribution is -1.93. The fraction of sp³-hybridized carbons (Fsp3) is 0.118. The highest BCUT2D eigenvalue weighted by Gasteiger charge is 2.04. The van der Waals surface area contributed by atoms with Crippen molar-refractivity contribution in [3.8, 4) is 11.8 Å². The number of nitriles is 1. The average molecular weight is 284 g/mol. The number of allylic oxidation sites excluding steroid dienone is 1. The number of rotatable bonds is 4. The molecule has 0 bridgehead atoms. The minimum Gasteiger partial charge on any atom is -0.493 e. The van der Waals surface area contributed by atoms with Crippen LogP contribution in [0.3, 0.4) is 0 Å². The standard InChI is InChI=1S/C17H14ClNO/c1-2-20-17-6-4-3-5-14(17)11-15(12-19)13-7-9-16(18)10-8-13/h3-11H,2H2,1H3/b15-11-. The van der Waals surface area contributed by atoms with Crippen LogP contribution in [0.25, 0.3) is 11.6 Å². The van der Waals surface area contributed by atoms with Gasteiger partial charge in [0.2, 0.25) is 0 Å². The first-order chi connectivity index (χ1) is 9.74. The molecule has 0 atom stereocenters. The number of hydrogen-bond acceptors (Lipinski definition) is 2. The van der Waals surface area contributed by atoms with Gasteiger partial charge in [-0.3, -0.25) is 0 Å². The number of para-hydroxylation sites is 1. The van der Waals surface area contributed by atoms with Crippen molar-refractivity contribution in [1.82, 2.24) is 0 Å². The van der Waals surface area contributed by atoms with Gasteiger partial charge in [0.1, 0.15) is 5.75 Å². The van der Waals surface area contributed by atoms with Crippen LogP contribution < -0.4 is 4.74 Å². The highest BCUT2D eigenvalue weighted by atomic mass is 35.5. The zero-order valence-corrected chi connectivity index (χ0v) is 11.9. The molecule has 0 aliphatic rings. The Balaban J connectivity index is 2.41. The van der Waals surface area contributed by atoms with Crippen LogP contribution in [0.1, 0.15) is 18.1 Å². The van der Waals surface area contributed by atoms with Gasteiger partial charge in [0, 0.05) is 10.6 Å². The molecule has 0 saturated heterocycles. The fourth-order valence-electron chi connectivity index (χ4n) is 1.85. The third-order valence-electron chi connectivity index (χ3n) is 2.79. The van der Waals surface area contributed by atoms with Crippen LogP contribution in [0.2, 0.25) is 5.02 Å². The smallest absolute Gasteiger partial charge is 0.126 e. The minimum absolute atomic E-state index is 0.578. The Bertz CT molecular complexity index is 653. The molecule has 0 saturated carbocycles. The van der Waals surface area contributed by atoms with Gasteiger partial charge in [-0.1, -0.05) is 41.9 Å². The maximum Gasteiger partial charge on any atom is 0.126 e. The van der Waals surface area contributed by atoms with E-state index >= 15 is 0 Å². The zero-order valence-electron chi connectivity index (χ0n) is 11.1. The molecule has 0 aliphatic heterocycles. The Morgan fingerprint density at radius 2 is 1.90 bits per heavy atom. The first kappa shape index (κ1) is 14.2. The van der Waals surface area contributed by atoms with E-state index in [9.17, 15) is 5.26 Å². The van der Waals surface area contributed by atoms with Crippen LogP contribution in [0, 0.1) is 11.3 Å². The maximum absolute atomic E-state index is 9.34. The maximum atomic E-state index is 9.34. The summed E-state index contributed by atoms with van der Waals surface area (Å²) in [6.45, 7) is 2.53. The van der Waals surface area contributed by atoms with Crippen molar-refractivity contribution in [1.29, 1.82) is 5.26 Å². The van der Waals surface area contributed by atoms with Gasteiger partial charge in [-0.2, -0.15) is 5.26 Å². The molecule has 3 heteroatoms. The van der Waals surface area contributed by atoms with E-state index in [1.807, 2.05) is 49.4 Å². The molecule has 0 aliphatic carbocycles. The number of nitrogens with zero attached hydrogens (tertiary/aromatic N) is 1. The Morgan fingerprint density at radius 3 is 2.55 bits per heavy atom. The Hall–Kier alpha value is -2.24. The molecular weight excluding hydrogens is 270 g/mol. The van der Waals surface area contributed by atoms with Crippen molar-refractivity contribution in [2.75, 3.05) is 6.61 Å². The lowest BCUT2D eigenvalue weighted by atomic mass is 10.0. The highest BCUT2D eigenvalue weighted by molar-refractivity contribution is 6.30. The summed E-state index contributed by atoms with van der Waals surface area (Å²) >= 11 is 5.86. The highest BCUT2D eigenvalue weighted by Crippen LogP contribution is 2.25. The van der Waals surface area contributed by atoms with Crippen molar-refractivity contribution < 1.29 is 4.74 Å². The molecule has 100 valence electrons. The van der Waals surface area contributed by atoms with Gasteiger partial charge in [0.25, 0.3) is 0 Å². The monoisotopic (exact) mass is 283 g/mol. The molecule has 0 heterocycles. The van der Waals surface area contributed by atoms with Crippen LogP contribution >= 0.6 is 11.6 Å². The topological polar surface area (TPSA) is 33.0 Å². The van der Waals surface area contributed by atoms with Crippen molar-refractivity contribution >= 4 is 23.3 Å². The Morgan fingerprint density at radius 1 is 1.20 bits per heavy atom. The second kappa shape index (κ2) is 6.79. The molecule has 20 heavy (non-hydrogen) atoms. The first-order valence-corrected chi connectivity index (χ1v) is 6.72. The van der Waals surface area contributed by atoms with Crippen LogP contribution in [0.5, 0.6) is 5.75 Å². The van der Waals surface area contributed by atoms with Gasteiger partial charge in [-0.15, -0.1) is 0 Å². The minimum atomic E-state index is 0.578. The van der Waals surface area contributed by atoms with E-state index in [1.165, 1.54) is 0 Å². The second-order valence-corrected chi connectivity index (χ2v) is 4.58. The van der Waals surface area contributed by atoms with Gasteiger partial charge >= 0.3 is 0 Å². The summed E-state index contributed by atoms with van der Waals surface area (Å²) in [6.07, 6.45) is 1.83. The number of benzene rings is 2. The zero-order chi connectivity index (χ0) is 14.4.